The highest BCUT2D eigenvalue weighted by Gasteiger charge is 2.10. The van der Waals surface area contributed by atoms with E-state index < -0.39 is 11.9 Å². The van der Waals surface area contributed by atoms with Gasteiger partial charge in [-0.2, -0.15) is 16.3 Å². The second-order valence-corrected chi connectivity index (χ2v) is 4.41. The van der Waals surface area contributed by atoms with E-state index in [0.29, 0.717) is 0 Å². The standard InChI is InChI=1S/C10H9ClFN3OS/c11-10-14-3-7(12)9(15-10)13-4-8(16)6-1-2-17-5-6/h1-3,5,8,16H,4H2,(H,13,14,15). The summed E-state index contributed by atoms with van der Waals surface area (Å²) in [6.45, 7) is 0.154. The molecule has 4 nitrogen and oxygen atoms in total. The van der Waals surface area contributed by atoms with E-state index in [2.05, 4.69) is 15.3 Å². The Morgan fingerprint density at radius 1 is 1.59 bits per heavy atom. The maximum Gasteiger partial charge on any atom is 0.224 e. The van der Waals surface area contributed by atoms with Gasteiger partial charge in [0.15, 0.2) is 11.6 Å². The summed E-state index contributed by atoms with van der Waals surface area (Å²) in [5, 5.41) is 16.1. The van der Waals surface area contributed by atoms with Crippen molar-refractivity contribution in [3.05, 3.63) is 39.7 Å². The zero-order valence-electron chi connectivity index (χ0n) is 8.60. The van der Waals surface area contributed by atoms with Crippen LogP contribution in [0.15, 0.2) is 23.0 Å². The van der Waals surface area contributed by atoms with Gasteiger partial charge in [0, 0.05) is 6.54 Å². The zero-order chi connectivity index (χ0) is 12.3. The lowest BCUT2D eigenvalue weighted by atomic mass is 10.2. The van der Waals surface area contributed by atoms with Gasteiger partial charge in [0.05, 0.1) is 12.3 Å². The van der Waals surface area contributed by atoms with Crippen molar-refractivity contribution in [1.29, 1.82) is 0 Å². The normalized spacial score (nSPS) is 12.4. The molecule has 0 saturated carbocycles. The van der Waals surface area contributed by atoms with E-state index in [9.17, 15) is 9.50 Å². The Morgan fingerprint density at radius 3 is 3.12 bits per heavy atom. The molecule has 90 valence electrons. The molecule has 0 aromatic carbocycles. The van der Waals surface area contributed by atoms with Gasteiger partial charge in [-0.05, 0) is 34.0 Å². The maximum atomic E-state index is 13.2. The number of aromatic nitrogens is 2. The number of nitrogens with zero attached hydrogens (tertiary/aromatic N) is 2. The van der Waals surface area contributed by atoms with Crippen molar-refractivity contribution >= 4 is 28.8 Å². The highest BCUT2D eigenvalue weighted by molar-refractivity contribution is 7.07. The van der Waals surface area contributed by atoms with E-state index in [1.165, 1.54) is 11.3 Å². The third kappa shape index (κ3) is 3.12. The minimum Gasteiger partial charge on any atom is -0.387 e. The van der Waals surface area contributed by atoms with Crippen LogP contribution in [0.5, 0.6) is 0 Å². The van der Waals surface area contributed by atoms with Crippen LogP contribution < -0.4 is 5.32 Å². The molecule has 0 radical (unpaired) electrons. The molecule has 2 aromatic heterocycles. The molecule has 1 unspecified atom stereocenters. The number of rotatable bonds is 4. The summed E-state index contributed by atoms with van der Waals surface area (Å²) in [5.41, 5.74) is 0.781. The minimum absolute atomic E-state index is 0.0146. The van der Waals surface area contributed by atoms with E-state index in [-0.39, 0.29) is 17.6 Å². The molecule has 1 atom stereocenters. The van der Waals surface area contributed by atoms with E-state index in [0.717, 1.165) is 11.8 Å². The van der Waals surface area contributed by atoms with Crippen LogP contribution in [0.4, 0.5) is 10.2 Å². The smallest absolute Gasteiger partial charge is 0.224 e. The number of aliphatic hydroxyl groups is 1. The molecule has 2 heterocycles. The SMILES string of the molecule is OC(CNc1nc(Cl)ncc1F)c1ccsc1. The summed E-state index contributed by atoms with van der Waals surface area (Å²) in [6.07, 6.45) is 0.267. The van der Waals surface area contributed by atoms with Crippen molar-refractivity contribution in [2.45, 2.75) is 6.10 Å². The number of thiophene rings is 1. The number of halogens is 2. The Labute approximate surface area is 106 Å². The Bertz CT molecular complexity index is 494. The van der Waals surface area contributed by atoms with Crippen LogP contribution in [0.1, 0.15) is 11.7 Å². The van der Waals surface area contributed by atoms with Gasteiger partial charge in [0.2, 0.25) is 5.28 Å². The molecule has 2 N–H and O–H groups in total. The lowest BCUT2D eigenvalue weighted by Gasteiger charge is -2.11. The molecule has 0 aliphatic heterocycles. The summed E-state index contributed by atoms with van der Waals surface area (Å²) in [7, 11) is 0. The number of anilines is 1. The monoisotopic (exact) mass is 273 g/mol. The predicted octanol–water partition coefficient (Wildman–Crippen LogP) is 2.48. The fraction of sp³-hybridized carbons (Fsp3) is 0.200. The molecule has 2 aromatic rings. The number of hydrogen-bond acceptors (Lipinski definition) is 5. The maximum absolute atomic E-state index is 13.2. The van der Waals surface area contributed by atoms with Crippen LogP contribution in [-0.2, 0) is 0 Å². The largest absolute Gasteiger partial charge is 0.387 e. The Hall–Kier alpha value is -1.24. The van der Waals surface area contributed by atoms with Crippen molar-refractivity contribution in [2.75, 3.05) is 11.9 Å². The van der Waals surface area contributed by atoms with Crippen LogP contribution in [0, 0.1) is 5.82 Å². The lowest BCUT2D eigenvalue weighted by Crippen LogP contribution is -2.13. The van der Waals surface area contributed by atoms with Gasteiger partial charge in [0.25, 0.3) is 0 Å². The Balaban J connectivity index is 2.00. The van der Waals surface area contributed by atoms with E-state index in [1.54, 1.807) is 6.07 Å². The van der Waals surface area contributed by atoms with Crippen LogP contribution in [0.2, 0.25) is 5.28 Å². The first-order chi connectivity index (χ1) is 8.16. The summed E-state index contributed by atoms with van der Waals surface area (Å²) in [6, 6.07) is 1.81. The van der Waals surface area contributed by atoms with Gasteiger partial charge in [-0.3, -0.25) is 0 Å². The molecule has 0 amide bonds. The second-order valence-electron chi connectivity index (χ2n) is 3.29. The lowest BCUT2D eigenvalue weighted by molar-refractivity contribution is 0.192. The van der Waals surface area contributed by atoms with E-state index in [4.69, 9.17) is 11.6 Å². The second kappa shape index (κ2) is 5.39. The van der Waals surface area contributed by atoms with Crippen molar-refractivity contribution in [3.63, 3.8) is 0 Å². The predicted molar refractivity (Wildman–Crippen MR) is 64.8 cm³/mol. The van der Waals surface area contributed by atoms with Gasteiger partial charge in [-0.25, -0.2) is 9.37 Å². The topological polar surface area (TPSA) is 58.0 Å². The molecule has 17 heavy (non-hydrogen) atoms. The van der Waals surface area contributed by atoms with Crippen molar-refractivity contribution in [2.24, 2.45) is 0 Å². The van der Waals surface area contributed by atoms with Gasteiger partial charge in [-0.1, -0.05) is 0 Å². The molecular formula is C10H9ClFN3OS. The van der Waals surface area contributed by atoms with Crippen LogP contribution >= 0.6 is 22.9 Å². The van der Waals surface area contributed by atoms with Gasteiger partial charge >= 0.3 is 0 Å². The van der Waals surface area contributed by atoms with Crippen molar-refractivity contribution in [3.8, 4) is 0 Å². The molecule has 0 aliphatic carbocycles. The van der Waals surface area contributed by atoms with Crippen LogP contribution in [-0.4, -0.2) is 21.6 Å². The van der Waals surface area contributed by atoms with Gasteiger partial charge in [-0.15, -0.1) is 0 Å². The highest BCUT2D eigenvalue weighted by Crippen LogP contribution is 2.18. The highest BCUT2D eigenvalue weighted by atomic mass is 35.5. The summed E-state index contributed by atoms with van der Waals surface area (Å²) < 4.78 is 13.2. The molecule has 0 aliphatic rings. The van der Waals surface area contributed by atoms with Gasteiger partial charge < -0.3 is 10.4 Å². The fourth-order valence-electron chi connectivity index (χ4n) is 1.25. The first-order valence-corrected chi connectivity index (χ1v) is 6.11. The van der Waals surface area contributed by atoms with Crippen molar-refractivity contribution < 1.29 is 9.50 Å². The number of hydrogen-bond donors (Lipinski definition) is 2. The fourth-order valence-corrected chi connectivity index (χ4v) is 2.09. The zero-order valence-corrected chi connectivity index (χ0v) is 10.2. The summed E-state index contributed by atoms with van der Waals surface area (Å²) in [5.74, 6) is -0.619. The summed E-state index contributed by atoms with van der Waals surface area (Å²) in [4.78, 5) is 7.18. The third-order valence-electron chi connectivity index (χ3n) is 2.11. The summed E-state index contributed by atoms with van der Waals surface area (Å²) >= 11 is 7.03. The molecule has 0 bridgehead atoms. The molecule has 0 spiro atoms. The third-order valence-corrected chi connectivity index (χ3v) is 2.99. The molecule has 2 rings (SSSR count). The minimum atomic E-state index is -0.714. The first kappa shape index (κ1) is 12.2. The quantitative estimate of drug-likeness (QED) is 0.841. The number of nitrogens with one attached hydrogen (secondary N) is 1. The van der Waals surface area contributed by atoms with Crippen LogP contribution in [0.3, 0.4) is 0 Å². The van der Waals surface area contributed by atoms with Crippen LogP contribution in [0.25, 0.3) is 0 Å². The average Bonchev–Trinajstić information content (AvgIpc) is 2.83. The molecule has 0 saturated heterocycles. The van der Waals surface area contributed by atoms with Crippen molar-refractivity contribution in [1.82, 2.24) is 9.97 Å². The first-order valence-electron chi connectivity index (χ1n) is 4.79. The molecular weight excluding hydrogens is 265 g/mol. The molecule has 0 fully saturated rings. The Kier molecular flexibility index (Phi) is 3.88. The van der Waals surface area contributed by atoms with E-state index in [1.807, 2.05) is 10.8 Å². The Morgan fingerprint density at radius 2 is 2.41 bits per heavy atom. The van der Waals surface area contributed by atoms with Gasteiger partial charge in [0.1, 0.15) is 0 Å². The average molecular weight is 274 g/mol. The van der Waals surface area contributed by atoms with E-state index >= 15 is 0 Å². The number of aliphatic hydroxyl groups excluding tert-OH is 1. The molecule has 7 heteroatoms.